The number of aromatic nitrogens is 4. The van der Waals surface area contributed by atoms with Crippen LogP contribution in [0, 0.1) is 0 Å². The first-order valence-corrected chi connectivity index (χ1v) is 38.1. The lowest BCUT2D eigenvalue weighted by Gasteiger charge is -2.37. The van der Waals surface area contributed by atoms with E-state index in [2.05, 4.69) is 121 Å². The summed E-state index contributed by atoms with van der Waals surface area (Å²) in [6.07, 6.45) is 4.21. The summed E-state index contributed by atoms with van der Waals surface area (Å²) in [5.74, 6) is 1.59. The summed E-state index contributed by atoms with van der Waals surface area (Å²) in [5.41, 5.74) is 14.5. The molecule has 5 aliphatic rings. The van der Waals surface area contributed by atoms with Crippen LogP contribution >= 0.6 is 0 Å². The van der Waals surface area contributed by atoms with Gasteiger partial charge in [-0.3, -0.25) is 19.9 Å². The van der Waals surface area contributed by atoms with Gasteiger partial charge in [0.25, 0.3) is 0 Å². The van der Waals surface area contributed by atoms with E-state index in [1.54, 1.807) is 24.3 Å². The van der Waals surface area contributed by atoms with E-state index < -0.39 is 23.7 Å². The van der Waals surface area contributed by atoms with Crippen molar-refractivity contribution in [2.24, 2.45) is 0 Å². The number of hydrogen-bond donors (Lipinski definition) is 4. The van der Waals surface area contributed by atoms with E-state index in [1.807, 2.05) is 72.8 Å². The van der Waals surface area contributed by atoms with E-state index in [-0.39, 0.29) is 103 Å². The molecule has 0 atom stereocenters. The van der Waals surface area contributed by atoms with Crippen molar-refractivity contribution in [1.29, 1.82) is 0 Å². The highest BCUT2D eigenvalue weighted by Gasteiger charge is 2.44. The van der Waals surface area contributed by atoms with Crippen LogP contribution in [0.2, 0.25) is 0 Å². The minimum atomic E-state index is -0.620. The zero-order valence-corrected chi connectivity index (χ0v) is 61.7. The summed E-state index contributed by atoms with van der Waals surface area (Å²) < 4.78 is 87.4. The maximum Gasteiger partial charge on any atom is 0.231 e. The van der Waals surface area contributed by atoms with Crippen LogP contribution in [-0.2, 0) is 78.5 Å². The van der Waals surface area contributed by atoms with Crippen LogP contribution in [0.25, 0.3) is 0 Å². The molecule has 20 heteroatoms. The van der Waals surface area contributed by atoms with Gasteiger partial charge in [0.15, 0.2) is 46.0 Å². The first-order chi connectivity index (χ1) is 55.3. The van der Waals surface area contributed by atoms with E-state index in [9.17, 15) is 20.4 Å². The molecule has 568 valence electrons. The molecule has 8 aromatic carbocycles. The maximum atomic E-state index is 10.5. The van der Waals surface area contributed by atoms with E-state index in [0.29, 0.717) is 143 Å². The molecule has 0 unspecified atom stereocenters. The van der Waals surface area contributed by atoms with Gasteiger partial charge in [-0.1, -0.05) is 146 Å². The largest absolute Gasteiger partial charge is 0.480 e. The lowest BCUT2D eigenvalue weighted by atomic mass is 9.75. The quantitative estimate of drug-likeness (QED) is 0.0356. The van der Waals surface area contributed by atoms with Crippen molar-refractivity contribution in [1.82, 2.24) is 19.9 Å². The van der Waals surface area contributed by atoms with E-state index in [4.69, 9.17) is 76.8 Å². The number of pyridine rings is 4. The topological polar surface area (TPSA) is 243 Å². The van der Waals surface area contributed by atoms with Crippen LogP contribution in [0.3, 0.4) is 0 Å². The predicted octanol–water partition coefficient (Wildman–Crippen LogP) is 15.8. The Balaban J connectivity index is 1.02. The fourth-order valence-corrected chi connectivity index (χ4v) is 16.1. The first kappa shape index (κ1) is 72.6. The molecule has 0 amide bonds. The van der Waals surface area contributed by atoms with Crippen molar-refractivity contribution in [3.8, 4) is 69.0 Å². The summed E-state index contributed by atoms with van der Waals surface area (Å²) in [4.78, 5) is 19.3. The Morgan fingerprint density at radius 3 is 0.616 bits per heavy atom. The summed E-state index contributed by atoms with van der Waals surface area (Å²) >= 11 is 0. The van der Waals surface area contributed by atoms with Crippen molar-refractivity contribution in [2.45, 2.75) is 128 Å². The Morgan fingerprint density at radius 2 is 0.429 bits per heavy atom. The van der Waals surface area contributed by atoms with E-state index >= 15 is 0 Å². The van der Waals surface area contributed by atoms with Crippen molar-refractivity contribution in [3.05, 3.63) is 331 Å². The zero-order chi connectivity index (χ0) is 75.7. The summed E-state index contributed by atoms with van der Waals surface area (Å²) in [7, 11) is 0. The van der Waals surface area contributed by atoms with Crippen molar-refractivity contribution in [3.63, 3.8) is 0 Å². The molecular formula is C92H84N4O16. The lowest BCUT2D eigenvalue weighted by molar-refractivity contribution is 0.0809. The second-order valence-electron chi connectivity index (χ2n) is 28.4. The molecule has 8 heterocycles. The summed E-state index contributed by atoms with van der Waals surface area (Å²) in [6.45, 7) is -2.87. The van der Waals surface area contributed by atoms with Gasteiger partial charge in [0.2, 0.25) is 50.2 Å². The Bertz CT molecular complexity index is 4550. The van der Waals surface area contributed by atoms with Gasteiger partial charge in [0.05, 0.1) is 72.0 Å². The molecular weight excluding hydrogens is 1420 g/mol. The highest BCUT2D eigenvalue weighted by atomic mass is 16.7. The molecule has 0 saturated carbocycles. The average molecular weight is 1500 g/mol. The second-order valence-corrected chi connectivity index (χ2v) is 28.4. The number of benzene rings is 8. The van der Waals surface area contributed by atoms with Gasteiger partial charge in [-0.15, -0.1) is 0 Å². The molecule has 0 fully saturated rings. The molecule has 1 aliphatic carbocycles. The molecule has 0 saturated heterocycles. The van der Waals surface area contributed by atoms with Crippen LogP contribution in [0.4, 0.5) is 0 Å². The third kappa shape index (κ3) is 15.4. The minimum Gasteiger partial charge on any atom is -0.480 e. The fourth-order valence-electron chi connectivity index (χ4n) is 16.1. The Labute approximate surface area is 648 Å². The predicted molar refractivity (Wildman–Crippen MR) is 415 cm³/mol. The molecule has 20 nitrogen and oxygen atoms in total. The highest BCUT2D eigenvalue weighted by molar-refractivity contribution is 5.74. The number of hydrogen-bond acceptors (Lipinski definition) is 20. The van der Waals surface area contributed by atoms with Gasteiger partial charge in [0, 0.05) is 68.2 Å². The van der Waals surface area contributed by atoms with Crippen molar-refractivity contribution < 1.29 is 77.3 Å². The monoisotopic (exact) mass is 1500 g/mol. The van der Waals surface area contributed by atoms with Gasteiger partial charge >= 0.3 is 0 Å². The van der Waals surface area contributed by atoms with Crippen molar-refractivity contribution >= 4 is 0 Å². The minimum absolute atomic E-state index is 0.0690. The number of rotatable bonds is 28. The number of aliphatic hydroxyl groups is 4. The Kier molecular flexibility index (Phi) is 21.8. The highest BCUT2D eigenvalue weighted by Crippen LogP contribution is 2.63. The second kappa shape index (κ2) is 33.6. The molecule has 0 radical (unpaired) electrons. The molecule has 0 spiro atoms. The van der Waals surface area contributed by atoms with Crippen molar-refractivity contribution in [2.75, 3.05) is 27.2 Å². The normalized spacial score (nSPS) is 16.0. The lowest BCUT2D eigenvalue weighted by Crippen LogP contribution is -2.25. The number of aryl methyl sites for hydroxylation is 4. The standard InChI is InChI=1S/C92H84N4O16/c97-45-61-25-13-29-65(93-61)49-101-89-81-73-41-75-70(38-34-58-19-7-2-8-20-58)77-43-79-72(40-36-60-23-11-4-12-24-60)80-44-78-71(39-35-59-21-9-3-10-22-59)76-42-74(69(73)37-33-57-17-5-1-6-18-57)82(106-53-105-81)90(102-50-66-30-14-26-62(46-98)94-66)84(76)108-55-110-86(78)92(104-52-68-32-16-28-64(48-100)96-68)88(80)112-56-111-87(79)91(85(77)109-54-107-83(75)89)103-51-67-31-15-27-63(47-99)95-67/h1-32,41-44,69-72,97-100H,33-40,45-56H2. The molecule has 12 aromatic rings. The summed E-state index contributed by atoms with van der Waals surface area (Å²) in [6, 6.07) is 72.5. The van der Waals surface area contributed by atoms with Gasteiger partial charge in [-0.25, -0.2) is 0 Å². The first-order valence-electron chi connectivity index (χ1n) is 38.1. The third-order valence-electron chi connectivity index (χ3n) is 21.4. The van der Waals surface area contributed by atoms with Crippen LogP contribution < -0.4 is 56.8 Å². The fraction of sp³-hybridized carbons (Fsp3) is 0.261. The smallest absolute Gasteiger partial charge is 0.231 e. The zero-order valence-electron chi connectivity index (χ0n) is 61.7. The Morgan fingerprint density at radius 1 is 0.241 bits per heavy atom. The summed E-state index contributed by atoms with van der Waals surface area (Å²) in [5, 5.41) is 42.0. The molecule has 112 heavy (non-hydrogen) atoms. The van der Waals surface area contributed by atoms with Crippen LogP contribution in [-0.4, -0.2) is 67.5 Å². The Hall–Kier alpha value is -12.2. The van der Waals surface area contributed by atoms with E-state index in [1.165, 1.54) is 0 Å². The average Bonchev–Trinajstić information content (AvgIpc) is 0.720. The molecule has 4 aromatic heterocycles. The van der Waals surface area contributed by atoms with Gasteiger partial charge in [0.1, 0.15) is 26.4 Å². The maximum absolute atomic E-state index is 10.5. The molecule has 17 rings (SSSR count). The van der Waals surface area contributed by atoms with Gasteiger partial charge in [-0.2, -0.15) is 0 Å². The third-order valence-corrected chi connectivity index (χ3v) is 21.4. The SMILES string of the molecule is OCc1cccc(COc2c3c4cc5c2OCOc2c(cc6c(c2OCc2cccc(CO)n2)OCOc2c(cc7c(c2OCc2cccc(CO)n2)OCOc2c(cc(c(c2OCc2cccc(CO)n2)OCO3)C4CCc2ccccc2)C7CCc2ccccc2)C6CCc2ccccc2)C5CCc2ccccc2)n1. The molecule has 16 bridgehead atoms. The molecule has 4 aliphatic heterocycles. The molecule has 4 N–H and O–H groups in total. The van der Waals surface area contributed by atoms with Crippen LogP contribution in [0.5, 0.6) is 69.0 Å². The van der Waals surface area contributed by atoms with Crippen LogP contribution in [0.1, 0.15) is 162 Å². The van der Waals surface area contributed by atoms with E-state index in [0.717, 1.165) is 66.8 Å². The number of nitrogens with zero attached hydrogens (tertiary/aromatic N) is 4. The number of aliphatic hydroxyl groups excluding tert-OH is 4. The number of ether oxygens (including phenoxy) is 12. The van der Waals surface area contributed by atoms with Gasteiger partial charge < -0.3 is 77.3 Å². The van der Waals surface area contributed by atoms with Crippen LogP contribution in [0.15, 0.2) is 218 Å². The van der Waals surface area contributed by atoms with Gasteiger partial charge in [-0.05, 0) is 146 Å².